The number of anilines is 1. The van der Waals surface area contributed by atoms with E-state index in [1.165, 1.54) is 11.8 Å². The van der Waals surface area contributed by atoms with Crippen LogP contribution >= 0.6 is 11.8 Å². The minimum absolute atomic E-state index is 0.112. The minimum Gasteiger partial charge on any atom is -0.385 e. The van der Waals surface area contributed by atoms with Crippen LogP contribution in [0.4, 0.5) is 5.69 Å². The summed E-state index contributed by atoms with van der Waals surface area (Å²) in [6.07, 6.45) is 2.61. The van der Waals surface area contributed by atoms with Crippen LogP contribution in [0.25, 0.3) is 6.08 Å². The van der Waals surface area contributed by atoms with Crippen LogP contribution in [0.2, 0.25) is 0 Å². The van der Waals surface area contributed by atoms with Crippen LogP contribution in [0.3, 0.4) is 0 Å². The third kappa shape index (κ3) is 4.53. The molecule has 3 rings (SSSR count). The number of ether oxygens (including phenoxy) is 1. The highest BCUT2D eigenvalue weighted by Gasteiger charge is 2.20. The van der Waals surface area contributed by atoms with E-state index in [2.05, 4.69) is 10.6 Å². The van der Waals surface area contributed by atoms with Gasteiger partial charge < -0.3 is 15.4 Å². The first-order valence-corrected chi connectivity index (χ1v) is 9.16. The number of amides is 2. The number of benzene rings is 2. The SMILES string of the molecule is COCCCNC(=O)c1ccc(C=C2Sc3ccccc3NC2=O)cc1. The second kappa shape index (κ2) is 8.69. The van der Waals surface area contributed by atoms with Crippen molar-refractivity contribution in [3.8, 4) is 0 Å². The maximum atomic E-state index is 12.2. The van der Waals surface area contributed by atoms with E-state index in [9.17, 15) is 9.59 Å². The topological polar surface area (TPSA) is 67.4 Å². The molecule has 0 bridgehead atoms. The van der Waals surface area contributed by atoms with Gasteiger partial charge in [-0.25, -0.2) is 0 Å². The van der Waals surface area contributed by atoms with Crippen LogP contribution in [0, 0.1) is 0 Å². The maximum absolute atomic E-state index is 12.2. The lowest BCUT2D eigenvalue weighted by Crippen LogP contribution is -2.25. The smallest absolute Gasteiger partial charge is 0.262 e. The molecule has 2 aromatic rings. The second-order valence-corrected chi connectivity index (χ2v) is 6.87. The van der Waals surface area contributed by atoms with Crippen molar-refractivity contribution in [2.24, 2.45) is 0 Å². The van der Waals surface area contributed by atoms with E-state index in [-0.39, 0.29) is 11.8 Å². The number of methoxy groups -OCH3 is 1. The molecule has 5 nitrogen and oxygen atoms in total. The van der Waals surface area contributed by atoms with Crippen molar-refractivity contribution in [3.05, 3.63) is 64.6 Å². The molecule has 0 saturated carbocycles. The maximum Gasteiger partial charge on any atom is 0.262 e. The third-order valence-corrected chi connectivity index (χ3v) is 4.96. The van der Waals surface area contributed by atoms with Gasteiger partial charge in [0.2, 0.25) is 0 Å². The van der Waals surface area contributed by atoms with Crippen LogP contribution in [0.5, 0.6) is 0 Å². The molecule has 134 valence electrons. The van der Waals surface area contributed by atoms with Crippen molar-refractivity contribution in [3.63, 3.8) is 0 Å². The average Bonchev–Trinajstić information content (AvgIpc) is 2.66. The number of rotatable bonds is 6. The van der Waals surface area contributed by atoms with Crippen molar-refractivity contribution in [2.45, 2.75) is 11.3 Å². The molecule has 0 spiro atoms. The number of thioether (sulfide) groups is 1. The van der Waals surface area contributed by atoms with Crippen molar-refractivity contribution in [2.75, 3.05) is 25.6 Å². The Labute approximate surface area is 156 Å². The molecule has 0 aromatic heterocycles. The molecule has 1 aliphatic heterocycles. The molecule has 0 atom stereocenters. The Morgan fingerprint density at radius 1 is 1.19 bits per heavy atom. The van der Waals surface area contributed by atoms with Gasteiger partial charge in [-0.15, -0.1) is 0 Å². The fourth-order valence-corrected chi connectivity index (χ4v) is 3.46. The van der Waals surface area contributed by atoms with E-state index in [0.717, 1.165) is 22.6 Å². The average molecular weight is 368 g/mol. The Balaban J connectivity index is 1.66. The molecular formula is C20H20N2O3S. The second-order valence-electron chi connectivity index (χ2n) is 5.79. The van der Waals surface area contributed by atoms with Crippen LogP contribution in [-0.4, -0.2) is 32.1 Å². The molecular weight excluding hydrogens is 348 g/mol. The van der Waals surface area contributed by atoms with E-state index in [1.807, 2.05) is 42.5 Å². The molecule has 1 heterocycles. The number of hydrogen-bond donors (Lipinski definition) is 2. The molecule has 26 heavy (non-hydrogen) atoms. The molecule has 6 heteroatoms. The van der Waals surface area contributed by atoms with Crippen molar-refractivity contribution < 1.29 is 14.3 Å². The van der Waals surface area contributed by atoms with Crippen LogP contribution in [-0.2, 0) is 9.53 Å². The summed E-state index contributed by atoms with van der Waals surface area (Å²) >= 11 is 1.44. The lowest BCUT2D eigenvalue weighted by Gasteiger charge is -2.18. The standard InChI is InChI=1S/C20H20N2O3S/c1-25-12-4-11-21-19(23)15-9-7-14(8-10-15)13-18-20(24)22-16-5-2-3-6-17(16)26-18/h2-3,5-10,13H,4,11-12H2,1H3,(H,21,23)(H,22,24). The molecule has 0 unspecified atom stereocenters. The first kappa shape index (κ1) is 18.2. The number of fused-ring (bicyclic) bond motifs is 1. The quantitative estimate of drug-likeness (QED) is 0.605. The fraction of sp³-hybridized carbons (Fsp3) is 0.200. The molecule has 2 aromatic carbocycles. The summed E-state index contributed by atoms with van der Waals surface area (Å²) in [5.41, 5.74) is 2.30. The lowest BCUT2D eigenvalue weighted by atomic mass is 10.1. The van der Waals surface area contributed by atoms with Gasteiger partial charge in [0.15, 0.2) is 0 Å². The highest BCUT2D eigenvalue weighted by Crippen LogP contribution is 2.38. The van der Waals surface area contributed by atoms with Crippen molar-refractivity contribution in [1.29, 1.82) is 0 Å². The third-order valence-electron chi connectivity index (χ3n) is 3.86. The lowest BCUT2D eigenvalue weighted by molar-refractivity contribution is -0.112. The predicted molar refractivity (Wildman–Crippen MR) is 104 cm³/mol. The summed E-state index contributed by atoms with van der Waals surface area (Å²) in [6, 6.07) is 14.9. The molecule has 2 amide bonds. The van der Waals surface area contributed by atoms with Crippen LogP contribution < -0.4 is 10.6 Å². The van der Waals surface area contributed by atoms with Gasteiger partial charge in [0.1, 0.15) is 0 Å². The van der Waals surface area contributed by atoms with E-state index >= 15 is 0 Å². The van der Waals surface area contributed by atoms with E-state index < -0.39 is 0 Å². The summed E-state index contributed by atoms with van der Waals surface area (Å²) in [5, 5.41) is 5.74. The summed E-state index contributed by atoms with van der Waals surface area (Å²) in [6.45, 7) is 1.20. The van der Waals surface area contributed by atoms with Crippen LogP contribution in [0.15, 0.2) is 58.3 Å². The van der Waals surface area contributed by atoms with Crippen molar-refractivity contribution in [1.82, 2.24) is 5.32 Å². The highest BCUT2D eigenvalue weighted by atomic mass is 32.2. The minimum atomic E-state index is -0.117. The Bertz CT molecular complexity index is 831. The zero-order valence-corrected chi connectivity index (χ0v) is 15.3. The van der Waals surface area contributed by atoms with Gasteiger partial charge >= 0.3 is 0 Å². The van der Waals surface area contributed by atoms with Gasteiger partial charge in [0.05, 0.1) is 10.6 Å². The number of carbonyl (C=O) groups is 2. The van der Waals surface area contributed by atoms with Gasteiger partial charge in [0.25, 0.3) is 11.8 Å². The van der Waals surface area contributed by atoms with Gasteiger partial charge in [0, 0.05) is 30.7 Å². The zero-order chi connectivity index (χ0) is 18.4. The highest BCUT2D eigenvalue weighted by molar-refractivity contribution is 8.04. The summed E-state index contributed by atoms with van der Waals surface area (Å²) in [5.74, 6) is -0.229. The van der Waals surface area contributed by atoms with E-state index in [4.69, 9.17) is 4.74 Å². The van der Waals surface area contributed by atoms with Gasteiger partial charge in [-0.05, 0) is 42.3 Å². The van der Waals surface area contributed by atoms with Crippen LogP contribution in [0.1, 0.15) is 22.3 Å². The van der Waals surface area contributed by atoms with E-state index in [1.54, 1.807) is 19.2 Å². The number of para-hydroxylation sites is 1. The molecule has 2 N–H and O–H groups in total. The molecule has 0 aliphatic carbocycles. The Morgan fingerprint density at radius 3 is 2.73 bits per heavy atom. The Hall–Kier alpha value is -2.57. The number of nitrogens with one attached hydrogen (secondary N) is 2. The Morgan fingerprint density at radius 2 is 1.96 bits per heavy atom. The van der Waals surface area contributed by atoms with Crippen molar-refractivity contribution >= 4 is 35.3 Å². The summed E-state index contributed by atoms with van der Waals surface area (Å²) in [4.78, 5) is 25.9. The first-order valence-electron chi connectivity index (χ1n) is 8.34. The number of carbonyl (C=O) groups excluding carboxylic acids is 2. The first-order chi connectivity index (χ1) is 12.7. The van der Waals surface area contributed by atoms with E-state index in [0.29, 0.717) is 23.6 Å². The fourth-order valence-electron chi connectivity index (χ4n) is 2.51. The van der Waals surface area contributed by atoms with Gasteiger partial charge in [-0.1, -0.05) is 36.0 Å². The summed E-state index contributed by atoms with van der Waals surface area (Å²) < 4.78 is 4.96. The zero-order valence-electron chi connectivity index (χ0n) is 14.5. The van der Waals surface area contributed by atoms with Gasteiger partial charge in [-0.3, -0.25) is 9.59 Å². The molecule has 0 fully saturated rings. The van der Waals surface area contributed by atoms with Gasteiger partial charge in [-0.2, -0.15) is 0 Å². The monoisotopic (exact) mass is 368 g/mol. The Kier molecular flexibility index (Phi) is 6.09. The normalized spacial score (nSPS) is 14.7. The summed E-state index contributed by atoms with van der Waals surface area (Å²) in [7, 11) is 1.64. The largest absolute Gasteiger partial charge is 0.385 e. The molecule has 0 saturated heterocycles. The predicted octanol–water partition coefficient (Wildman–Crippen LogP) is 3.54. The number of hydrogen-bond acceptors (Lipinski definition) is 4. The molecule has 1 aliphatic rings. The molecule has 0 radical (unpaired) electrons.